The molecule has 0 N–H and O–H groups in total. The molecular formula is C18H28O4. The van der Waals surface area contributed by atoms with Crippen LogP contribution in [-0.4, -0.2) is 44.7 Å². The van der Waals surface area contributed by atoms with E-state index < -0.39 is 0 Å². The van der Waals surface area contributed by atoms with Crippen LogP contribution in [0.5, 0.6) is 0 Å². The molecule has 1 aromatic carbocycles. The SMILES string of the molecule is CCOCC1(COCC)CCC(OCc2ccccc2)CO1. The van der Waals surface area contributed by atoms with E-state index in [4.69, 9.17) is 18.9 Å². The van der Waals surface area contributed by atoms with Crippen LogP contribution in [0.3, 0.4) is 0 Å². The molecule has 0 radical (unpaired) electrons. The van der Waals surface area contributed by atoms with Gasteiger partial charge in [-0.15, -0.1) is 0 Å². The van der Waals surface area contributed by atoms with Gasteiger partial charge in [0, 0.05) is 13.2 Å². The first-order valence-electron chi connectivity index (χ1n) is 8.23. The van der Waals surface area contributed by atoms with Gasteiger partial charge in [-0.05, 0) is 32.3 Å². The van der Waals surface area contributed by atoms with Gasteiger partial charge in [-0.1, -0.05) is 30.3 Å². The number of rotatable bonds is 9. The number of benzene rings is 1. The van der Waals surface area contributed by atoms with E-state index >= 15 is 0 Å². The van der Waals surface area contributed by atoms with Crippen molar-refractivity contribution in [2.24, 2.45) is 0 Å². The number of hydrogen-bond donors (Lipinski definition) is 0. The molecule has 0 bridgehead atoms. The monoisotopic (exact) mass is 308 g/mol. The van der Waals surface area contributed by atoms with Gasteiger partial charge in [0.2, 0.25) is 0 Å². The molecule has 0 aliphatic carbocycles. The van der Waals surface area contributed by atoms with Crippen LogP contribution >= 0.6 is 0 Å². The molecule has 4 nitrogen and oxygen atoms in total. The predicted octanol–water partition coefficient (Wildman–Crippen LogP) is 3.19. The van der Waals surface area contributed by atoms with Crippen molar-refractivity contribution in [1.82, 2.24) is 0 Å². The molecule has 1 unspecified atom stereocenters. The topological polar surface area (TPSA) is 36.9 Å². The van der Waals surface area contributed by atoms with Crippen LogP contribution in [-0.2, 0) is 25.6 Å². The van der Waals surface area contributed by atoms with Crippen LogP contribution in [0.4, 0.5) is 0 Å². The average molecular weight is 308 g/mol. The normalized spacial score (nSPS) is 20.9. The number of hydrogen-bond acceptors (Lipinski definition) is 4. The summed E-state index contributed by atoms with van der Waals surface area (Å²) in [4.78, 5) is 0. The zero-order valence-electron chi connectivity index (χ0n) is 13.8. The maximum atomic E-state index is 6.10. The molecule has 1 aromatic rings. The van der Waals surface area contributed by atoms with Crippen LogP contribution in [0.1, 0.15) is 32.3 Å². The van der Waals surface area contributed by atoms with Gasteiger partial charge >= 0.3 is 0 Å². The summed E-state index contributed by atoms with van der Waals surface area (Å²) in [6, 6.07) is 10.2. The molecule has 1 heterocycles. The zero-order valence-corrected chi connectivity index (χ0v) is 13.8. The Morgan fingerprint density at radius 2 is 1.77 bits per heavy atom. The lowest BCUT2D eigenvalue weighted by Crippen LogP contribution is -2.49. The second kappa shape index (κ2) is 9.26. The predicted molar refractivity (Wildman–Crippen MR) is 85.9 cm³/mol. The van der Waals surface area contributed by atoms with Gasteiger partial charge in [-0.3, -0.25) is 0 Å². The Bertz CT molecular complexity index is 389. The molecule has 124 valence electrons. The molecule has 0 saturated carbocycles. The van der Waals surface area contributed by atoms with E-state index in [-0.39, 0.29) is 11.7 Å². The highest BCUT2D eigenvalue weighted by Crippen LogP contribution is 2.28. The van der Waals surface area contributed by atoms with Crippen molar-refractivity contribution in [2.75, 3.05) is 33.0 Å². The Labute approximate surface area is 133 Å². The van der Waals surface area contributed by atoms with Crippen molar-refractivity contribution < 1.29 is 18.9 Å². The maximum Gasteiger partial charge on any atom is 0.115 e. The first-order chi connectivity index (χ1) is 10.8. The summed E-state index contributed by atoms with van der Waals surface area (Å²) in [5.74, 6) is 0. The number of ether oxygens (including phenoxy) is 4. The molecule has 0 aromatic heterocycles. The third-order valence-electron chi connectivity index (χ3n) is 3.96. The molecule has 1 aliphatic rings. The summed E-state index contributed by atoms with van der Waals surface area (Å²) < 4.78 is 23.2. The second-order valence-electron chi connectivity index (χ2n) is 5.73. The third kappa shape index (κ3) is 5.36. The summed E-state index contributed by atoms with van der Waals surface area (Å²) in [6.45, 7) is 7.83. The van der Waals surface area contributed by atoms with Gasteiger partial charge in [0.25, 0.3) is 0 Å². The highest BCUT2D eigenvalue weighted by atomic mass is 16.6. The van der Waals surface area contributed by atoms with E-state index in [0.29, 0.717) is 39.6 Å². The van der Waals surface area contributed by atoms with E-state index in [9.17, 15) is 0 Å². The lowest BCUT2D eigenvalue weighted by Gasteiger charge is -2.39. The van der Waals surface area contributed by atoms with Crippen LogP contribution in [0.15, 0.2) is 30.3 Å². The zero-order chi connectivity index (χ0) is 15.7. The van der Waals surface area contributed by atoms with Gasteiger partial charge in [0.05, 0.1) is 32.5 Å². The highest BCUT2D eigenvalue weighted by molar-refractivity contribution is 5.13. The molecule has 1 atom stereocenters. The van der Waals surface area contributed by atoms with Gasteiger partial charge in [-0.25, -0.2) is 0 Å². The van der Waals surface area contributed by atoms with Crippen molar-refractivity contribution in [3.05, 3.63) is 35.9 Å². The Kier molecular flexibility index (Phi) is 7.33. The minimum atomic E-state index is -0.307. The molecule has 1 saturated heterocycles. The summed E-state index contributed by atoms with van der Waals surface area (Å²) in [6.07, 6.45) is 2.04. The Morgan fingerprint density at radius 3 is 2.32 bits per heavy atom. The van der Waals surface area contributed by atoms with E-state index in [1.807, 2.05) is 32.0 Å². The summed E-state index contributed by atoms with van der Waals surface area (Å²) in [5, 5.41) is 0. The minimum Gasteiger partial charge on any atom is -0.379 e. The third-order valence-corrected chi connectivity index (χ3v) is 3.96. The van der Waals surface area contributed by atoms with E-state index in [0.717, 1.165) is 12.8 Å². The van der Waals surface area contributed by atoms with Crippen LogP contribution in [0, 0.1) is 0 Å². The van der Waals surface area contributed by atoms with Crippen molar-refractivity contribution >= 4 is 0 Å². The standard InChI is InChI=1S/C18H28O4/c1-3-19-14-18(15-20-4-2)11-10-17(13-22-18)21-12-16-8-6-5-7-9-16/h5-9,17H,3-4,10-15H2,1-2H3. The van der Waals surface area contributed by atoms with Crippen molar-refractivity contribution in [3.8, 4) is 0 Å². The Morgan fingerprint density at radius 1 is 1.09 bits per heavy atom. The summed E-state index contributed by atoms with van der Waals surface area (Å²) in [7, 11) is 0. The fourth-order valence-corrected chi connectivity index (χ4v) is 2.61. The van der Waals surface area contributed by atoms with Gasteiger partial charge < -0.3 is 18.9 Å². The van der Waals surface area contributed by atoms with Crippen LogP contribution in [0.2, 0.25) is 0 Å². The van der Waals surface area contributed by atoms with E-state index in [1.165, 1.54) is 5.56 Å². The Hall–Kier alpha value is -0.940. The first-order valence-corrected chi connectivity index (χ1v) is 8.23. The van der Waals surface area contributed by atoms with Crippen molar-refractivity contribution in [2.45, 2.75) is 45.0 Å². The van der Waals surface area contributed by atoms with Gasteiger partial charge in [0.15, 0.2) is 0 Å². The van der Waals surface area contributed by atoms with Crippen LogP contribution in [0.25, 0.3) is 0 Å². The molecule has 0 amide bonds. The molecule has 1 aliphatic heterocycles. The molecular weight excluding hydrogens is 280 g/mol. The Balaban J connectivity index is 1.78. The van der Waals surface area contributed by atoms with Crippen molar-refractivity contribution in [3.63, 3.8) is 0 Å². The molecule has 1 fully saturated rings. The van der Waals surface area contributed by atoms with Gasteiger partial charge in [0.1, 0.15) is 5.60 Å². The van der Waals surface area contributed by atoms with Crippen molar-refractivity contribution in [1.29, 1.82) is 0 Å². The fourth-order valence-electron chi connectivity index (χ4n) is 2.61. The summed E-state index contributed by atoms with van der Waals surface area (Å²) in [5.41, 5.74) is 0.890. The van der Waals surface area contributed by atoms with E-state index in [2.05, 4.69) is 12.1 Å². The minimum absolute atomic E-state index is 0.150. The smallest absolute Gasteiger partial charge is 0.115 e. The lowest BCUT2D eigenvalue weighted by molar-refractivity contribution is -0.189. The maximum absolute atomic E-state index is 6.10. The first kappa shape index (κ1) is 17.4. The molecule has 0 spiro atoms. The second-order valence-corrected chi connectivity index (χ2v) is 5.73. The quantitative estimate of drug-likeness (QED) is 0.702. The average Bonchev–Trinajstić information content (AvgIpc) is 2.59. The highest BCUT2D eigenvalue weighted by Gasteiger charge is 2.37. The lowest BCUT2D eigenvalue weighted by atomic mass is 9.94. The van der Waals surface area contributed by atoms with Gasteiger partial charge in [-0.2, -0.15) is 0 Å². The summed E-state index contributed by atoms with van der Waals surface area (Å²) >= 11 is 0. The van der Waals surface area contributed by atoms with Crippen LogP contribution < -0.4 is 0 Å². The largest absolute Gasteiger partial charge is 0.379 e. The molecule has 4 heteroatoms. The fraction of sp³-hybridized carbons (Fsp3) is 0.667. The van der Waals surface area contributed by atoms with E-state index in [1.54, 1.807) is 0 Å². The molecule has 22 heavy (non-hydrogen) atoms. The molecule has 2 rings (SSSR count).